The van der Waals surface area contributed by atoms with Crippen LogP contribution in [0.25, 0.3) is 0 Å². The Labute approximate surface area is 167 Å². The molecule has 4 nitrogen and oxygen atoms in total. The van der Waals surface area contributed by atoms with Gasteiger partial charge in [-0.1, -0.05) is 96.5 Å². The molecular formula is C22H40N2O2S. The second kappa shape index (κ2) is 14.8. The summed E-state index contributed by atoms with van der Waals surface area (Å²) in [6, 6.07) is 6.85. The smallest absolute Gasteiger partial charge is 0.232 e. The standard InChI is InChI=1S/C22H40N2O2S/c1-2-3-4-5-6-7-8-9-10-11-12-13-14-15-19-27(25,26)24-22-18-16-17-21(23)20-22/h16-18,20,24H,2-15,19,23H2,1H3. The summed E-state index contributed by atoms with van der Waals surface area (Å²) < 4.78 is 26.8. The summed E-state index contributed by atoms with van der Waals surface area (Å²) in [7, 11) is -3.27. The van der Waals surface area contributed by atoms with E-state index in [0.29, 0.717) is 11.4 Å². The number of hydrogen-bond donors (Lipinski definition) is 2. The minimum absolute atomic E-state index is 0.180. The highest BCUT2D eigenvalue weighted by molar-refractivity contribution is 7.92. The largest absolute Gasteiger partial charge is 0.399 e. The summed E-state index contributed by atoms with van der Waals surface area (Å²) in [6.07, 6.45) is 17.7. The van der Waals surface area contributed by atoms with Crippen molar-refractivity contribution in [3.05, 3.63) is 24.3 Å². The van der Waals surface area contributed by atoms with E-state index in [2.05, 4.69) is 11.6 Å². The van der Waals surface area contributed by atoms with Gasteiger partial charge in [-0.2, -0.15) is 0 Å². The summed E-state index contributed by atoms with van der Waals surface area (Å²) in [6.45, 7) is 2.26. The zero-order valence-corrected chi connectivity index (χ0v) is 18.0. The SMILES string of the molecule is CCCCCCCCCCCCCCCCS(=O)(=O)Nc1cccc(N)c1. The van der Waals surface area contributed by atoms with Crippen LogP contribution in [0.3, 0.4) is 0 Å². The van der Waals surface area contributed by atoms with Gasteiger partial charge in [-0.25, -0.2) is 8.42 Å². The molecule has 0 spiro atoms. The summed E-state index contributed by atoms with van der Waals surface area (Å²) in [5.41, 5.74) is 6.78. The van der Waals surface area contributed by atoms with Crippen molar-refractivity contribution < 1.29 is 8.42 Å². The molecule has 27 heavy (non-hydrogen) atoms. The molecule has 156 valence electrons. The predicted octanol–water partition coefficient (Wildman–Crippen LogP) is 6.49. The van der Waals surface area contributed by atoms with Gasteiger partial charge in [0.15, 0.2) is 0 Å². The first-order chi connectivity index (χ1) is 13.0. The van der Waals surface area contributed by atoms with Crippen LogP contribution >= 0.6 is 0 Å². The van der Waals surface area contributed by atoms with Crippen LogP contribution in [0.4, 0.5) is 11.4 Å². The molecule has 1 aromatic carbocycles. The number of anilines is 2. The lowest BCUT2D eigenvalue weighted by Gasteiger charge is -2.08. The van der Waals surface area contributed by atoms with Gasteiger partial charge in [0.1, 0.15) is 0 Å². The molecule has 0 bridgehead atoms. The molecule has 1 aromatic rings. The normalized spacial score (nSPS) is 11.6. The highest BCUT2D eigenvalue weighted by Gasteiger charge is 2.09. The Morgan fingerprint density at radius 3 is 1.74 bits per heavy atom. The van der Waals surface area contributed by atoms with Gasteiger partial charge in [-0.15, -0.1) is 0 Å². The maximum absolute atomic E-state index is 12.1. The van der Waals surface area contributed by atoms with E-state index in [4.69, 9.17) is 5.73 Å². The molecule has 0 aromatic heterocycles. The lowest BCUT2D eigenvalue weighted by molar-refractivity contribution is 0.537. The van der Waals surface area contributed by atoms with Crippen molar-refractivity contribution in [3.63, 3.8) is 0 Å². The van der Waals surface area contributed by atoms with Gasteiger partial charge >= 0.3 is 0 Å². The summed E-state index contributed by atoms with van der Waals surface area (Å²) in [4.78, 5) is 0. The number of nitrogens with one attached hydrogen (secondary N) is 1. The van der Waals surface area contributed by atoms with Crippen molar-refractivity contribution in [3.8, 4) is 0 Å². The van der Waals surface area contributed by atoms with Gasteiger partial charge in [0.2, 0.25) is 10.0 Å². The predicted molar refractivity (Wildman–Crippen MR) is 119 cm³/mol. The van der Waals surface area contributed by atoms with E-state index in [1.54, 1.807) is 24.3 Å². The summed E-state index contributed by atoms with van der Waals surface area (Å²) in [5.74, 6) is 0.180. The molecule has 0 radical (unpaired) electrons. The molecular weight excluding hydrogens is 356 g/mol. The number of benzene rings is 1. The van der Waals surface area contributed by atoms with E-state index in [1.807, 2.05) is 0 Å². The number of hydrogen-bond acceptors (Lipinski definition) is 3. The molecule has 0 saturated heterocycles. The van der Waals surface area contributed by atoms with Crippen LogP contribution in [0.2, 0.25) is 0 Å². The van der Waals surface area contributed by atoms with Crippen molar-refractivity contribution in [2.24, 2.45) is 0 Å². The fourth-order valence-corrected chi connectivity index (χ4v) is 4.49. The average Bonchev–Trinajstić information content (AvgIpc) is 2.61. The van der Waals surface area contributed by atoms with Crippen molar-refractivity contribution in [2.75, 3.05) is 16.2 Å². The molecule has 0 saturated carbocycles. The van der Waals surface area contributed by atoms with Crippen LogP contribution in [0.1, 0.15) is 96.8 Å². The Hall–Kier alpha value is -1.23. The van der Waals surface area contributed by atoms with E-state index in [0.717, 1.165) is 19.3 Å². The van der Waals surface area contributed by atoms with Crippen LogP contribution < -0.4 is 10.5 Å². The van der Waals surface area contributed by atoms with Gasteiger partial charge in [-0.05, 0) is 24.6 Å². The first kappa shape index (κ1) is 23.8. The van der Waals surface area contributed by atoms with Crippen molar-refractivity contribution in [1.82, 2.24) is 0 Å². The third kappa shape index (κ3) is 13.6. The third-order valence-corrected chi connectivity index (χ3v) is 6.30. The molecule has 0 heterocycles. The lowest BCUT2D eigenvalue weighted by Crippen LogP contribution is -2.16. The fraction of sp³-hybridized carbons (Fsp3) is 0.727. The van der Waals surface area contributed by atoms with Crippen LogP contribution in [0.5, 0.6) is 0 Å². The van der Waals surface area contributed by atoms with Crippen LogP contribution in [-0.4, -0.2) is 14.2 Å². The van der Waals surface area contributed by atoms with Crippen LogP contribution in [0.15, 0.2) is 24.3 Å². The Bertz CT molecular complexity index is 588. The second-order valence-corrected chi connectivity index (χ2v) is 9.48. The molecule has 0 aliphatic carbocycles. The molecule has 0 fully saturated rings. The quantitative estimate of drug-likeness (QED) is 0.233. The van der Waals surface area contributed by atoms with E-state index in [-0.39, 0.29) is 5.75 Å². The number of nitrogen functional groups attached to an aromatic ring is 1. The monoisotopic (exact) mass is 396 g/mol. The first-order valence-electron chi connectivity index (χ1n) is 10.9. The molecule has 3 N–H and O–H groups in total. The summed E-state index contributed by atoms with van der Waals surface area (Å²) >= 11 is 0. The average molecular weight is 397 g/mol. The van der Waals surface area contributed by atoms with Crippen LogP contribution in [0, 0.1) is 0 Å². The van der Waals surface area contributed by atoms with E-state index in [1.165, 1.54) is 70.6 Å². The molecule has 0 unspecified atom stereocenters. The van der Waals surface area contributed by atoms with Crippen molar-refractivity contribution in [2.45, 2.75) is 96.8 Å². The number of sulfonamides is 1. The van der Waals surface area contributed by atoms with Gasteiger partial charge in [0.05, 0.1) is 11.4 Å². The van der Waals surface area contributed by atoms with Gasteiger partial charge in [-0.3, -0.25) is 4.72 Å². The van der Waals surface area contributed by atoms with Crippen molar-refractivity contribution in [1.29, 1.82) is 0 Å². The molecule has 1 rings (SSSR count). The van der Waals surface area contributed by atoms with E-state index < -0.39 is 10.0 Å². The number of nitrogens with two attached hydrogens (primary N) is 1. The Morgan fingerprint density at radius 1 is 0.778 bits per heavy atom. The lowest BCUT2D eigenvalue weighted by atomic mass is 10.0. The van der Waals surface area contributed by atoms with Crippen LogP contribution in [-0.2, 0) is 10.0 Å². The highest BCUT2D eigenvalue weighted by atomic mass is 32.2. The molecule has 0 aliphatic rings. The Kier molecular flexibility index (Phi) is 13.0. The summed E-state index contributed by atoms with van der Waals surface area (Å²) in [5, 5.41) is 0. The maximum Gasteiger partial charge on any atom is 0.232 e. The van der Waals surface area contributed by atoms with E-state index in [9.17, 15) is 8.42 Å². The second-order valence-electron chi connectivity index (χ2n) is 7.64. The molecule has 0 amide bonds. The number of rotatable bonds is 17. The minimum Gasteiger partial charge on any atom is -0.399 e. The topological polar surface area (TPSA) is 72.2 Å². The number of unbranched alkanes of at least 4 members (excludes halogenated alkanes) is 13. The molecule has 0 aliphatic heterocycles. The minimum atomic E-state index is -3.27. The Morgan fingerprint density at radius 2 is 1.26 bits per heavy atom. The maximum atomic E-state index is 12.1. The molecule has 5 heteroatoms. The molecule has 0 atom stereocenters. The van der Waals surface area contributed by atoms with Gasteiger partial charge < -0.3 is 5.73 Å². The highest BCUT2D eigenvalue weighted by Crippen LogP contribution is 2.15. The Balaban J connectivity index is 1.93. The zero-order valence-electron chi connectivity index (χ0n) is 17.2. The zero-order chi connectivity index (χ0) is 19.8. The van der Waals surface area contributed by atoms with Gasteiger partial charge in [0.25, 0.3) is 0 Å². The van der Waals surface area contributed by atoms with Gasteiger partial charge in [0, 0.05) is 5.69 Å². The fourth-order valence-electron chi connectivity index (χ4n) is 3.32. The van der Waals surface area contributed by atoms with E-state index >= 15 is 0 Å². The first-order valence-corrected chi connectivity index (χ1v) is 12.5. The van der Waals surface area contributed by atoms with Crippen molar-refractivity contribution >= 4 is 21.4 Å². The third-order valence-electron chi connectivity index (χ3n) is 4.93.